The Morgan fingerprint density at radius 2 is 2.10 bits per heavy atom. The second-order valence-electron chi connectivity index (χ2n) is 5.15. The SMILES string of the molecule is CC(=O)C1(C(N)=O)CNCCN1c1ccc2c(c1)OCO2. The summed E-state index contributed by atoms with van der Waals surface area (Å²) in [4.78, 5) is 25.9. The Kier molecular flexibility index (Phi) is 3.21. The predicted molar refractivity (Wildman–Crippen MR) is 75.4 cm³/mol. The van der Waals surface area contributed by atoms with Crippen LogP contribution in [0.15, 0.2) is 18.2 Å². The third-order valence-electron chi connectivity index (χ3n) is 4.01. The average Bonchev–Trinajstić information content (AvgIpc) is 2.93. The minimum absolute atomic E-state index is 0.175. The number of primary amides is 1. The first kappa shape index (κ1) is 13.7. The van der Waals surface area contributed by atoms with Gasteiger partial charge in [-0.15, -0.1) is 0 Å². The molecule has 2 heterocycles. The Balaban J connectivity index is 2.05. The summed E-state index contributed by atoms with van der Waals surface area (Å²) in [5.74, 6) is 0.328. The number of carbonyl (C=O) groups excluding carboxylic acids is 2. The number of benzene rings is 1. The predicted octanol–water partition coefficient (Wildman–Crippen LogP) is -0.362. The van der Waals surface area contributed by atoms with Crippen molar-refractivity contribution in [3.05, 3.63) is 18.2 Å². The maximum Gasteiger partial charge on any atom is 0.252 e. The highest BCUT2D eigenvalue weighted by Crippen LogP contribution is 2.37. The molecule has 0 bridgehead atoms. The number of amides is 1. The Labute approximate surface area is 122 Å². The van der Waals surface area contributed by atoms with Crippen molar-refractivity contribution in [1.82, 2.24) is 5.32 Å². The molecule has 21 heavy (non-hydrogen) atoms. The van der Waals surface area contributed by atoms with E-state index in [0.29, 0.717) is 24.6 Å². The minimum atomic E-state index is -1.37. The highest BCUT2D eigenvalue weighted by Gasteiger charge is 2.49. The molecule has 1 fully saturated rings. The van der Waals surface area contributed by atoms with Crippen molar-refractivity contribution in [2.75, 3.05) is 31.3 Å². The zero-order chi connectivity index (χ0) is 15.0. The number of nitrogens with one attached hydrogen (secondary N) is 1. The van der Waals surface area contributed by atoms with Crippen LogP contribution in [0.25, 0.3) is 0 Å². The lowest BCUT2D eigenvalue weighted by Gasteiger charge is -2.44. The quantitative estimate of drug-likeness (QED) is 0.739. The Morgan fingerprint density at radius 1 is 1.33 bits per heavy atom. The number of hydrogen-bond acceptors (Lipinski definition) is 6. The van der Waals surface area contributed by atoms with Gasteiger partial charge >= 0.3 is 0 Å². The van der Waals surface area contributed by atoms with Crippen molar-refractivity contribution in [3.8, 4) is 11.5 Å². The molecule has 112 valence electrons. The molecule has 0 saturated carbocycles. The molecule has 1 amide bonds. The van der Waals surface area contributed by atoms with E-state index in [2.05, 4.69) is 5.32 Å². The fraction of sp³-hybridized carbons (Fsp3) is 0.429. The van der Waals surface area contributed by atoms with Crippen molar-refractivity contribution in [2.24, 2.45) is 5.73 Å². The van der Waals surface area contributed by atoms with E-state index in [9.17, 15) is 9.59 Å². The normalized spacial score (nSPS) is 24.0. The van der Waals surface area contributed by atoms with Gasteiger partial charge in [0.05, 0.1) is 0 Å². The first-order chi connectivity index (χ1) is 10.1. The average molecular weight is 291 g/mol. The van der Waals surface area contributed by atoms with Crippen molar-refractivity contribution in [3.63, 3.8) is 0 Å². The van der Waals surface area contributed by atoms with Crippen molar-refractivity contribution in [1.29, 1.82) is 0 Å². The van der Waals surface area contributed by atoms with Crippen LogP contribution < -0.4 is 25.4 Å². The summed E-state index contributed by atoms with van der Waals surface area (Å²) in [5.41, 5.74) is 4.89. The molecule has 1 aromatic rings. The number of ether oxygens (including phenoxy) is 2. The van der Waals surface area contributed by atoms with Gasteiger partial charge in [0.2, 0.25) is 6.79 Å². The van der Waals surface area contributed by atoms with Crippen LogP contribution in [0.3, 0.4) is 0 Å². The van der Waals surface area contributed by atoms with Gasteiger partial charge in [-0.1, -0.05) is 0 Å². The molecule has 1 saturated heterocycles. The number of carbonyl (C=O) groups is 2. The summed E-state index contributed by atoms with van der Waals surface area (Å²) in [6, 6.07) is 5.35. The smallest absolute Gasteiger partial charge is 0.252 e. The van der Waals surface area contributed by atoms with E-state index < -0.39 is 11.4 Å². The molecule has 0 radical (unpaired) electrons. The van der Waals surface area contributed by atoms with Crippen LogP contribution >= 0.6 is 0 Å². The van der Waals surface area contributed by atoms with Crippen LogP contribution in [0.5, 0.6) is 11.5 Å². The number of ketones is 1. The number of anilines is 1. The number of nitrogens with two attached hydrogens (primary N) is 1. The van der Waals surface area contributed by atoms with Gasteiger partial charge in [0, 0.05) is 31.4 Å². The fourth-order valence-electron chi connectivity index (χ4n) is 2.86. The number of fused-ring (bicyclic) bond motifs is 1. The van der Waals surface area contributed by atoms with E-state index in [1.54, 1.807) is 23.1 Å². The Hall–Kier alpha value is -2.28. The van der Waals surface area contributed by atoms with E-state index >= 15 is 0 Å². The molecule has 3 rings (SSSR count). The zero-order valence-electron chi connectivity index (χ0n) is 11.7. The number of rotatable bonds is 3. The van der Waals surface area contributed by atoms with E-state index in [4.69, 9.17) is 15.2 Å². The Bertz CT molecular complexity index is 588. The molecule has 1 atom stereocenters. The standard InChI is InChI=1S/C14H17N3O4/c1-9(18)14(13(15)19)7-16-4-5-17(14)10-2-3-11-12(6-10)21-8-20-11/h2-3,6,16H,4-5,7-8H2,1H3,(H2,15,19). The maximum atomic E-state index is 12.1. The molecule has 0 aliphatic carbocycles. The highest BCUT2D eigenvalue weighted by molar-refractivity contribution is 6.12. The first-order valence-corrected chi connectivity index (χ1v) is 6.74. The molecular weight excluding hydrogens is 274 g/mol. The lowest BCUT2D eigenvalue weighted by Crippen LogP contribution is -2.71. The number of Topliss-reactive ketones (excluding diaryl/α,β-unsaturated/α-hetero) is 1. The van der Waals surface area contributed by atoms with Crippen molar-refractivity contribution < 1.29 is 19.1 Å². The van der Waals surface area contributed by atoms with E-state index in [0.717, 1.165) is 5.69 Å². The summed E-state index contributed by atoms with van der Waals surface area (Å²) in [7, 11) is 0. The van der Waals surface area contributed by atoms with Gasteiger partial charge in [0.25, 0.3) is 5.91 Å². The van der Waals surface area contributed by atoms with Crippen LogP contribution in [0.1, 0.15) is 6.92 Å². The van der Waals surface area contributed by atoms with Gasteiger partial charge in [-0.25, -0.2) is 0 Å². The molecule has 0 spiro atoms. The summed E-state index contributed by atoms with van der Waals surface area (Å²) < 4.78 is 10.6. The van der Waals surface area contributed by atoms with Crippen LogP contribution in [0, 0.1) is 0 Å². The molecule has 2 aliphatic rings. The lowest BCUT2D eigenvalue weighted by atomic mass is 9.88. The Morgan fingerprint density at radius 3 is 2.81 bits per heavy atom. The van der Waals surface area contributed by atoms with Gasteiger partial charge in [0.1, 0.15) is 0 Å². The monoisotopic (exact) mass is 291 g/mol. The van der Waals surface area contributed by atoms with E-state index in [1.807, 2.05) is 0 Å². The van der Waals surface area contributed by atoms with Gasteiger partial charge in [0.15, 0.2) is 22.8 Å². The summed E-state index contributed by atoms with van der Waals surface area (Å²) in [6.45, 7) is 2.93. The molecule has 7 heteroatoms. The van der Waals surface area contributed by atoms with Crippen molar-refractivity contribution >= 4 is 17.4 Å². The molecule has 3 N–H and O–H groups in total. The minimum Gasteiger partial charge on any atom is -0.454 e. The van der Waals surface area contributed by atoms with E-state index in [1.165, 1.54) is 6.92 Å². The third kappa shape index (κ3) is 2.01. The van der Waals surface area contributed by atoms with Crippen LogP contribution in [0.4, 0.5) is 5.69 Å². The van der Waals surface area contributed by atoms with Gasteiger partial charge < -0.3 is 25.4 Å². The van der Waals surface area contributed by atoms with Crippen LogP contribution in [0.2, 0.25) is 0 Å². The molecule has 1 unspecified atom stereocenters. The number of piperazine rings is 1. The zero-order valence-corrected chi connectivity index (χ0v) is 11.7. The van der Waals surface area contributed by atoms with Gasteiger partial charge in [-0.2, -0.15) is 0 Å². The second kappa shape index (κ2) is 4.92. The highest BCUT2D eigenvalue weighted by atomic mass is 16.7. The molecule has 1 aromatic carbocycles. The lowest BCUT2D eigenvalue weighted by molar-refractivity contribution is -0.133. The fourth-order valence-corrected chi connectivity index (χ4v) is 2.86. The summed E-state index contributed by atoms with van der Waals surface area (Å²) in [6.07, 6.45) is 0. The van der Waals surface area contributed by atoms with Crippen LogP contribution in [-0.2, 0) is 9.59 Å². The number of hydrogen-bond donors (Lipinski definition) is 2. The van der Waals surface area contributed by atoms with Crippen LogP contribution in [-0.4, -0.2) is 43.7 Å². The third-order valence-corrected chi connectivity index (χ3v) is 4.01. The number of nitrogens with zero attached hydrogens (tertiary/aromatic N) is 1. The first-order valence-electron chi connectivity index (χ1n) is 6.74. The van der Waals surface area contributed by atoms with Gasteiger partial charge in [-0.05, 0) is 19.1 Å². The molecule has 0 aromatic heterocycles. The topological polar surface area (TPSA) is 93.9 Å². The molecular formula is C14H17N3O4. The summed E-state index contributed by atoms with van der Waals surface area (Å²) >= 11 is 0. The van der Waals surface area contributed by atoms with E-state index in [-0.39, 0.29) is 19.1 Å². The summed E-state index contributed by atoms with van der Waals surface area (Å²) in [5, 5.41) is 3.07. The van der Waals surface area contributed by atoms with Crippen molar-refractivity contribution in [2.45, 2.75) is 12.5 Å². The maximum absolute atomic E-state index is 12.1. The van der Waals surface area contributed by atoms with Gasteiger partial charge in [-0.3, -0.25) is 9.59 Å². The molecule has 7 nitrogen and oxygen atoms in total. The second-order valence-corrected chi connectivity index (χ2v) is 5.15. The largest absolute Gasteiger partial charge is 0.454 e. The molecule has 2 aliphatic heterocycles.